The third-order valence-electron chi connectivity index (χ3n) is 5.13. The van der Waals surface area contributed by atoms with Crippen molar-refractivity contribution in [3.8, 4) is 17.3 Å². The van der Waals surface area contributed by atoms with Gasteiger partial charge in [0.15, 0.2) is 0 Å². The van der Waals surface area contributed by atoms with E-state index >= 15 is 0 Å². The molecule has 0 aliphatic carbocycles. The van der Waals surface area contributed by atoms with Crippen molar-refractivity contribution in [2.24, 2.45) is 0 Å². The van der Waals surface area contributed by atoms with Gasteiger partial charge < -0.3 is 9.80 Å². The van der Waals surface area contributed by atoms with Crippen LogP contribution in [0, 0.1) is 18.3 Å². The Morgan fingerprint density at radius 2 is 1.87 bits per heavy atom. The van der Waals surface area contributed by atoms with E-state index in [1.165, 1.54) is 18.0 Å². The van der Waals surface area contributed by atoms with Crippen molar-refractivity contribution >= 4 is 17.5 Å². The molecule has 0 spiro atoms. The lowest BCUT2D eigenvalue weighted by molar-refractivity contribution is -0.116. The molecule has 2 heterocycles. The van der Waals surface area contributed by atoms with Crippen molar-refractivity contribution in [3.63, 3.8) is 0 Å². The number of carbonyl (C=O) groups is 2. The molecular weight excluding hydrogens is 390 g/mol. The molecule has 0 radical (unpaired) electrons. The summed E-state index contributed by atoms with van der Waals surface area (Å²) in [6, 6.07) is 14.6. The third-order valence-corrected chi connectivity index (χ3v) is 5.13. The van der Waals surface area contributed by atoms with Crippen LogP contribution in [0.4, 0.5) is 5.69 Å². The lowest BCUT2D eigenvalue weighted by Crippen LogP contribution is -2.26. The number of anilines is 1. The summed E-state index contributed by atoms with van der Waals surface area (Å²) in [5.74, 6) is -0.297. The fraction of sp³-hybridized carbons (Fsp3) is 0.208. The maximum atomic E-state index is 12.8. The molecule has 0 saturated heterocycles. The Kier molecular flexibility index (Phi) is 6.41. The van der Waals surface area contributed by atoms with E-state index in [0.717, 1.165) is 16.8 Å². The number of nitrogens with zero attached hydrogens (tertiary/aromatic N) is 5. The van der Waals surface area contributed by atoms with Crippen molar-refractivity contribution < 1.29 is 9.59 Å². The number of nitriles is 1. The summed E-state index contributed by atoms with van der Waals surface area (Å²) >= 11 is 0. The molecule has 3 aromatic rings. The number of amides is 2. The Labute approximate surface area is 181 Å². The Morgan fingerprint density at radius 3 is 2.48 bits per heavy atom. The highest BCUT2D eigenvalue weighted by Gasteiger charge is 2.15. The van der Waals surface area contributed by atoms with Crippen LogP contribution in [-0.2, 0) is 11.3 Å². The smallest absolute Gasteiger partial charge is 0.255 e. The number of carbonyl (C=O) groups excluding carboxylic acids is 2. The summed E-state index contributed by atoms with van der Waals surface area (Å²) in [4.78, 5) is 36.1. The average molecular weight is 413 g/mol. The first kappa shape index (κ1) is 21.7. The minimum absolute atomic E-state index is 0.140. The molecule has 2 aromatic heterocycles. The van der Waals surface area contributed by atoms with E-state index < -0.39 is 0 Å². The molecule has 0 bridgehead atoms. The van der Waals surface area contributed by atoms with Crippen LogP contribution in [0.15, 0.2) is 54.9 Å². The summed E-state index contributed by atoms with van der Waals surface area (Å²) in [7, 11) is 3.37. The Hall–Kier alpha value is -4.05. The van der Waals surface area contributed by atoms with Crippen molar-refractivity contribution in [1.82, 2.24) is 14.9 Å². The van der Waals surface area contributed by atoms with E-state index in [2.05, 4.69) is 16.0 Å². The van der Waals surface area contributed by atoms with Gasteiger partial charge >= 0.3 is 0 Å². The minimum atomic E-state index is -0.157. The monoisotopic (exact) mass is 413 g/mol. The number of hydrogen-bond acceptors (Lipinski definition) is 5. The zero-order valence-electron chi connectivity index (χ0n) is 18.0. The second kappa shape index (κ2) is 9.18. The van der Waals surface area contributed by atoms with Gasteiger partial charge in [0, 0.05) is 51.2 Å². The summed E-state index contributed by atoms with van der Waals surface area (Å²) < 4.78 is 0. The highest BCUT2D eigenvalue weighted by Crippen LogP contribution is 2.26. The van der Waals surface area contributed by atoms with Crippen LogP contribution in [0.3, 0.4) is 0 Å². The molecule has 0 aliphatic heterocycles. The molecule has 1 aromatic carbocycles. The SMILES string of the molecule is CC(=O)N(C)c1ccc(-c2ccc(C(=O)N(C)Cc3cccnc3C)cn2)cc1C#N. The first-order chi connectivity index (χ1) is 14.8. The second-order valence-electron chi connectivity index (χ2n) is 7.26. The number of aromatic nitrogens is 2. The average Bonchev–Trinajstić information content (AvgIpc) is 2.79. The van der Waals surface area contributed by atoms with Crippen LogP contribution in [0.5, 0.6) is 0 Å². The van der Waals surface area contributed by atoms with E-state index in [0.29, 0.717) is 29.1 Å². The zero-order chi connectivity index (χ0) is 22.5. The number of aryl methyl sites for hydroxylation is 1. The number of pyridine rings is 2. The van der Waals surface area contributed by atoms with E-state index in [9.17, 15) is 14.9 Å². The molecule has 31 heavy (non-hydrogen) atoms. The Balaban J connectivity index is 1.80. The van der Waals surface area contributed by atoms with E-state index in [1.807, 2.05) is 19.1 Å². The first-order valence-corrected chi connectivity index (χ1v) is 9.72. The standard InChI is InChI=1S/C24H23N5O2/c1-16-20(6-5-11-26-16)15-28(3)24(31)19-7-9-22(27-14-19)18-8-10-23(21(12-18)13-25)29(4)17(2)30/h5-12,14H,15H2,1-4H3. The number of hydrogen-bond donors (Lipinski definition) is 0. The largest absolute Gasteiger partial charge is 0.337 e. The normalized spacial score (nSPS) is 10.3. The summed E-state index contributed by atoms with van der Waals surface area (Å²) in [6.45, 7) is 3.81. The number of benzene rings is 1. The first-order valence-electron chi connectivity index (χ1n) is 9.72. The van der Waals surface area contributed by atoms with Crippen LogP contribution in [0.25, 0.3) is 11.3 Å². The van der Waals surface area contributed by atoms with Gasteiger partial charge in [-0.25, -0.2) is 0 Å². The van der Waals surface area contributed by atoms with Gasteiger partial charge in [-0.05, 0) is 42.8 Å². The molecule has 3 rings (SSSR count). The predicted molar refractivity (Wildman–Crippen MR) is 118 cm³/mol. The summed E-state index contributed by atoms with van der Waals surface area (Å²) in [5, 5.41) is 9.48. The van der Waals surface area contributed by atoms with Crippen LogP contribution >= 0.6 is 0 Å². The van der Waals surface area contributed by atoms with Gasteiger partial charge in [0.25, 0.3) is 5.91 Å². The maximum Gasteiger partial charge on any atom is 0.255 e. The molecule has 7 heteroatoms. The Morgan fingerprint density at radius 1 is 1.10 bits per heavy atom. The predicted octanol–water partition coefficient (Wildman–Crippen LogP) is 3.58. The fourth-order valence-corrected chi connectivity index (χ4v) is 3.17. The molecule has 0 aliphatic rings. The minimum Gasteiger partial charge on any atom is -0.337 e. The maximum absolute atomic E-state index is 12.8. The van der Waals surface area contributed by atoms with E-state index in [1.54, 1.807) is 55.5 Å². The Bertz CT molecular complexity index is 1170. The van der Waals surface area contributed by atoms with Crippen LogP contribution < -0.4 is 4.90 Å². The molecule has 0 fully saturated rings. The van der Waals surface area contributed by atoms with Gasteiger partial charge in [-0.15, -0.1) is 0 Å². The number of rotatable bonds is 5. The molecule has 7 nitrogen and oxygen atoms in total. The van der Waals surface area contributed by atoms with Crippen molar-refractivity contribution in [2.75, 3.05) is 19.0 Å². The van der Waals surface area contributed by atoms with E-state index in [-0.39, 0.29) is 11.8 Å². The highest BCUT2D eigenvalue weighted by molar-refractivity contribution is 5.94. The molecule has 0 unspecified atom stereocenters. The van der Waals surface area contributed by atoms with Crippen molar-refractivity contribution in [2.45, 2.75) is 20.4 Å². The lowest BCUT2D eigenvalue weighted by atomic mass is 10.0. The summed E-state index contributed by atoms with van der Waals surface area (Å²) in [5.41, 5.74) is 4.64. The van der Waals surface area contributed by atoms with Gasteiger partial charge in [0.2, 0.25) is 5.91 Å². The fourth-order valence-electron chi connectivity index (χ4n) is 3.17. The third kappa shape index (κ3) is 4.75. The van der Waals surface area contributed by atoms with Crippen molar-refractivity contribution in [1.29, 1.82) is 5.26 Å². The summed E-state index contributed by atoms with van der Waals surface area (Å²) in [6.07, 6.45) is 3.26. The van der Waals surface area contributed by atoms with Crippen LogP contribution in [0.1, 0.15) is 34.1 Å². The highest BCUT2D eigenvalue weighted by atomic mass is 16.2. The molecule has 0 atom stereocenters. The zero-order valence-corrected chi connectivity index (χ0v) is 18.0. The molecule has 0 N–H and O–H groups in total. The van der Waals surface area contributed by atoms with Gasteiger partial charge in [-0.1, -0.05) is 12.1 Å². The van der Waals surface area contributed by atoms with Gasteiger partial charge in [-0.2, -0.15) is 5.26 Å². The molecule has 156 valence electrons. The van der Waals surface area contributed by atoms with Crippen LogP contribution in [-0.4, -0.2) is 40.8 Å². The van der Waals surface area contributed by atoms with Crippen molar-refractivity contribution in [3.05, 3.63) is 77.2 Å². The van der Waals surface area contributed by atoms with Gasteiger partial charge in [0.05, 0.1) is 22.5 Å². The molecule has 0 saturated carbocycles. The molecule has 2 amide bonds. The van der Waals surface area contributed by atoms with E-state index in [4.69, 9.17) is 0 Å². The molecular formula is C24H23N5O2. The lowest BCUT2D eigenvalue weighted by Gasteiger charge is -2.18. The topological polar surface area (TPSA) is 90.2 Å². The quantitative estimate of drug-likeness (QED) is 0.638. The van der Waals surface area contributed by atoms with Gasteiger partial charge in [0.1, 0.15) is 6.07 Å². The second-order valence-corrected chi connectivity index (χ2v) is 7.26. The van der Waals surface area contributed by atoms with Crippen LogP contribution in [0.2, 0.25) is 0 Å². The van der Waals surface area contributed by atoms with Gasteiger partial charge in [-0.3, -0.25) is 19.6 Å².